The van der Waals surface area contributed by atoms with Gasteiger partial charge in [-0.3, -0.25) is 0 Å². The number of phenols is 1. The van der Waals surface area contributed by atoms with E-state index in [0.717, 1.165) is 18.8 Å². The molecule has 0 amide bonds. The molecular formula is C18H24O2. The van der Waals surface area contributed by atoms with Gasteiger partial charge in [0.25, 0.3) is 0 Å². The molecule has 0 saturated heterocycles. The number of aliphatic hydroxyl groups excluding tert-OH is 1. The summed E-state index contributed by atoms with van der Waals surface area (Å²) < 4.78 is 0. The minimum absolute atomic E-state index is 0.0582. The summed E-state index contributed by atoms with van der Waals surface area (Å²) in [6.07, 6.45) is 5.67. The van der Waals surface area contributed by atoms with Gasteiger partial charge in [-0.25, -0.2) is 0 Å². The van der Waals surface area contributed by atoms with Gasteiger partial charge < -0.3 is 10.2 Å². The highest BCUT2D eigenvalue weighted by Gasteiger charge is 2.50. The highest BCUT2D eigenvalue weighted by atomic mass is 16.3. The second-order valence-electron chi connectivity index (χ2n) is 7.29. The number of phenolic OH excluding ortho intramolecular Hbond substituents is 1. The summed E-state index contributed by atoms with van der Waals surface area (Å²) in [5.74, 6) is 3.74. The normalized spacial score (nSPS) is 42.7. The van der Waals surface area contributed by atoms with Gasteiger partial charge in [0.2, 0.25) is 0 Å². The van der Waals surface area contributed by atoms with Crippen LogP contribution >= 0.6 is 0 Å². The van der Waals surface area contributed by atoms with Gasteiger partial charge in [0.1, 0.15) is 5.75 Å². The van der Waals surface area contributed by atoms with Gasteiger partial charge in [0.05, 0.1) is 6.10 Å². The highest BCUT2D eigenvalue weighted by Crippen LogP contribution is 2.57. The Bertz CT molecular complexity index is 524. The molecule has 0 heterocycles. The molecule has 108 valence electrons. The Balaban J connectivity index is 1.70. The van der Waals surface area contributed by atoms with Crippen LogP contribution in [0.3, 0.4) is 0 Å². The van der Waals surface area contributed by atoms with E-state index in [2.05, 4.69) is 13.0 Å². The van der Waals surface area contributed by atoms with E-state index in [-0.39, 0.29) is 6.10 Å². The third kappa shape index (κ3) is 1.74. The third-order valence-corrected chi connectivity index (χ3v) is 6.35. The van der Waals surface area contributed by atoms with E-state index in [0.29, 0.717) is 29.4 Å². The van der Waals surface area contributed by atoms with Crippen LogP contribution in [0.25, 0.3) is 0 Å². The first-order valence-corrected chi connectivity index (χ1v) is 8.15. The van der Waals surface area contributed by atoms with E-state index in [9.17, 15) is 10.2 Å². The van der Waals surface area contributed by atoms with Gasteiger partial charge in [0, 0.05) is 0 Å². The van der Waals surface area contributed by atoms with Gasteiger partial charge in [-0.15, -0.1) is 0 Å². The van der Waals surface area contributed by atoms with E-state index in [1.165, 1.54) is 30.4 Å². The zero-order chi connectivity index (χ0) is 13.9. The van der Waals surface area contributed by atoms with Crippen molar-refractivity contribution < 1.29 is 10.2 Å². The van der Waals surface area contributed by atoms with Crippen LogP contribution in [0.15, 0.2) is 18.2 Å². The number of aliphatic hydroxyl groups is 1. The molecule has 2 N–H and O–H groups in total. The Labute approximate surface area is 120 Å². The van der Waals surface area contributed by atoms with E-state index in [1.807, 2.05) is 12.1 Å². The van der Waals surface area contributed by atoms with Gasteiger partial charge in [-0.05, 0) is 85.0 Å². The van der Waals surface area contributed by atoms with E-state index in [1.54, 1.807) is 0 Å². The average molecular weight is 272 g/mol. The molecule has 1 aromatic rings. The zero-order valence-electron chi connectivity index (χ0n) is 12.1. The summed E-state index contributed by atoms with van der Waals surface area (Å²) in [5.41, 5.74) is 2.84. The summed E-state index contributed by atoms with van der Waals surface area (Å²) in [7, 11) is 0. The zero-order valence-corrected chi connectivity index (χ0v) is 12.1. The van der Waals surface area contributed by atoms with Crippen molar-refractivity contribution in [3.8, 4) is 5.75 Å². The summed E-state index contributed by atoms with van der Waals surface area (Å²) in [5, 5.41) is 20.0. The third-order valence-electron chi connectivity index (χ3n) is 6.35. The molecule has 6 atom stereocenters. The molecule has 3 aliphatic carbocycles. The lowest BCUT2D eigenvalue weighted by Crippen LogP contribution is -2.38. The number of aryl methyl sites for hydroxylation is 1. The minimum atomic E-state index is -0.0582. The average Bonchev–Trinajstić information content (AvgIpc) is 2.73. The molecule has 2 fully saturated rings. The van der Waals surface area contributed by atoms with Gasteiger partial charge in [-0.2, -0.15) is 0 Å². The molecular weight excluding hydrogens is 248 g/mol. The fourth-order valence-corrected chi connectivity index (χ4v) is 5.64. The first-order valence-electron chi connectivity index (χ1n) is 8.15. The predicted molar refractivity (Wildman–Crippen MR) is 78.7 cm³/mol. The quantitative estimate of drug-likeness (QED) is 0.759. The molecule has 3 unspecified atom stereocenters. The molecule has 4 rings (SSSR count). The molecule has 20 heavy (non-hydrogen) atoms. The largest absolute Gasteiger partial charge is 0.508 e. The molecule has 0 bridgehead atoms. The molecule has 2 saturated carbocycles. The summed E-state index contributed by atoms with van der Waals surface area (Å²) in [6.45, 7) is 2.34. The Morgan fingerprint density at radius 2 is 1.95 bits per heavy atom. The first kappa shape index (κ1) is 12.7. The summed E-state index contributed by atoms with van der Waals surface area (Å²) in [4.78, 5) is 0. The van der Waals surface area contributed by atoms with Gasteiger partial charge in [0.15, 0.2) is 0 Å². The van der Waals surface area contributed by atoms with E-state index >= 15 is 0 Å². The maximum atomic E-state index is 10.3. The topological polar surface area (TPSA) is 40.5 Å². The summed E-state index contributed by atoms with van der Waals surface area (Å²) >= 11 is 0. The number of hydrogen-bond donors (Lipinski definition) is 2. The highest BCUT2D eigenvalue weighted by molar-refractivity contribution is 5.40. The Morgan fingerprint density at radius 3 is 2.80 bits per heavy atom. The SMILES string of the molecule is C[C@@H]1C[C@H](O)[C@H]2CCC3c4ccc(O)cc4CCC3C12. The van der Waals surface area contributed by atoms with E-state index < -0.39 is 0 Å². The lowest BCUT2D eigenvalue weighted by molar-refractivity contribution is 0.0505. The maximum Gasteiger partial charge on any atom is 0.115 e. The molecule has 2 nitrogen and oxygen atoms in total. The smallest absolute Gasteiger partial charge is 0.115 e. The van der Waals surface area contributed by atoms with Crippen molar-refractivity contribution in [2.75, 3.05) is 0 Å². The fraction of sp³-hybridized carbons (Fsp3) is 0.667. The number of rotatable bonds is 0. The fourth-order valence-electron chi connectivity index (χ4n) is 5.64. The van der Waals surface area contributed by atoms with Crippen molar-refractivity contribution in [2.45, 2.75) is 51.0 Å². The van der Waals surface area contributed by atoms with Gasteiger partial charge >= 0.3 is 0 Å². The predicted octanol–water partition coefficient (Wildman–Crippen LogP) is 3.47. The van der Waals surface area contributed by atoms with Crippen molar-refractivity contribution in [3.63, 3.8) is 0 Å². The van der Waals surface area contributed by atoms with Crippen LogP contribution in [0.5, 0.6) is 5.75 Å². The Hall–Kier alpha value is -1.02. The minimum Gasteiger partial charge on any atom is -0.508 e. The number of aromatic hydroxyl groups is 1. The van der Waals surface area contributed by atoms with Crippen LogP contribution in [0.2, 0.25) is 0 Å². The van der Waals surface area contributed by atoms with Crippen molar-refractivity contribution in [1.82, 2.24) is 0 Å². The second kappa shape index (κ2) is 4.49. The molecule has 2 heteroatoms. The van der Waals surface area contributed by atoms with Crippen molar-refractivity contribution in [3.05, 3.63) is 29.3 Å². The Kier molecular flexibility index (Phi) is 2.85. The first-order chi connectivity index (χ1) is 9.65. The lowest BCUT2D eigenvalue weighted by atomic mass is 9.59. The summed E-state index contributed by atoms with van der Waals surface area (Å²) in [6, 6.07) is 5.96. The van der Waals surface area contributed by atoms with Crippen LogP contribution in [0.4, 0.5) is 0 Å². The van der Waals surface area contributed by atoms with Crippen LogP contribution in [0.1, 0.15) is 49.7 Å². The molecule has 1 aromatic carbocycles. The number of benzene rings is 1. The van der Waals surface area contributed by atoms with Crippen LogP contribution in [0, 0.1) is 23.7 Å². The Morgan fingerprint density at radius 1 is 1.10 bits per heavy atom. The van der Waals surface area contributed by atoms with Crippen LogP contribution in [-0.2, 0) is 6.42 Å². The monoisotopic (exact) mass is 272 g/mol. The van der Waals surface area contributed by atoms with Crippen molar-refractivity contribution in [1.29, 1.82) is 0 Å². The molecule has 0 spiro atoms. The maximum absolute atomic E-state index is 10.3. The second-order valence-corrected chi connectivity index (χ2v) is 7.29. The lowest BCUT2D eigenvalue weighted by Gasteiger charge is -2.46. The van der Waals surface area contributed by atoms with Crippen molar-refractivity contribution >= 4 is 0 Å². The molecule has 3 aliphatic rings. The standard InChI is InChI=1S/C18H24O2/c1-10-8-17(20)16-7-6-14-13-5-3-12(19)9-11(13)2-4-15(14)18(10)16/h3,5,9-10,14-20H,2,4,6-8H2,1H3/t10-,14?,15?,16-,17+,18?/m1/s1. The molecule has 0 aliphatic heterocycles. The van der Waals surface area contributed by atoms with Crippen molar-refractivity contribution in [2.24, 2.45) is 23.7 Å². The van der Waals surface area contributed by atoms with Gasteiger partial charge in [-0.1, -0.05) is 13.0 Å². The number of hydrogen-bond acceptors (Lipinski definition) is 2. The molecule has 0 radical (unpaired) electrons. The van der Waals surface area contributed by atoms with Crippen LogP contribution in [-0.4, -0.2) is 16.3 Å². The van der Waals surface area contributed by atoms with E-state index in [4.69, 9.17) is 0 Å². The molecule has 0 aromatic heterocycles. The number of fused-ring (bicyclic) bond motifs is 5. The van der Waals surface area contributed by atoms with Crippen LogP contribution < -0.4 is 0 Å².